The number of hydrogen-bond acceptors (Lipinski definition) is 6. The van der Waals surface area contributed by atoms with Crippen LogP contribution in [0.25, 0.3) is 0 Å². The second-order valence-electron chi connectivity index (χ2n) is 3.95. The summed E-state index contributed by atoms with van der Waals surface area (Å²) in [6.07, 6.45) is 0.972. The van der Waals surface area contributed by atoms with Crippen LogP contribution in [0.1, 0.15) is 20.3 Å². The Morgan fingerprint density at radius 2 is 1.80 bits per heavy atom. The van der Waals surface area contributed by atoms with Gasteiger partial charge in [0.25, 0.3) is 0 Å². The van der Waals surface area contributed by atoms with Crippen molar-refractivity contribution in [2.24, 2.45) is 0 Å². The Labute approximate surface area is 119 Å². The van der Waals surface area contributed by atoms with Crippen molar-refractivity contribution < 1.29 is 28.9 Å². The summed E-state index contributed by atoms with van der Waals surface area (Å²) < 4.78 is 21.1. The minimum absolute atomic E-state index is 0.290. The van der Waals surface area contributed by atoms with Crippen LogP contribution in [0.15, 0.2) is 18.2 Å². The first-order chi connectivity index (χ1) is 9.67. The molecule has 0 saturated heterocycles. The molecule has 0 aliphatic heterocycles. The van der Waals surface area contributed by atoms with Crippen molar-refractivity contribution in [3.8, 4) is 17.2 Å². The average molecular weight is 284 g/mol. The molecule has 0 bridgehead atoms. The first kappa shape index (κ1) is 16.6. The van der Waals surface area contributed by atoms with Crippen molar-refractivity contribution in [1.29, 1.82) is 0 Å². The highest BCUT2D eigenvalue weighted by Crippen LogP contribution is 2.31. The fourth-order valence-corrected chi connectivity index (χ4v) is 1.53. The fraction of sp³-hybridized carbons (Fsp3) is 0.538. The molecule has 1 aromatic rings. The molecule has 0 aliphatic rings. The van der Waals surface area contributed by atoms with E-state index in [0.29, 0.717) is 37.9 Å². The normalized spacial score (nSPS) is 10.2. The van der Waals surface area contributed by atoms with Gasteiger partial charge in [-0.05, 0) is 25.5 Å². The van der Waals surface area contributed by atoms with Gasteiger partial charge in [0.2, 0.25) is 0 Å². The van der Waals surface area contributed by atoms with E-state index in [1.807, 2.05) is 13.8 Å². The summed E-state index contributed by atoms with van der Waals surface area (Å²) in [5.41, 5.74) is 0. The third-order valence-electron chi connectivity index (χ3n) is 2.29. The van der Waals surface area contributed by atoms with Crippen molar-refractivity contribution in [3.63, 3.8) is 0 Å². The van der Waals surface area contributed by atoms with Crippen molar-refractivity contribution in [2.45, 2.75) is 20.3 Å². The zero-order valence-corrected chi connectivity index (χ0v) is 11.9. The molecule has 6 nitrogen and oxygen atoms in total. The van der Waals surface area contributed by atoms with Crippen LogP contribution >= 0.6 is 0 Å². The number of hydrogen-bond donors (Lipinski definition) is 2. The van der Waals surface area contributed by atoms with Gasteiger partial charge in [-0.3, -0.25) is 0 Å². The summed E-state index contributed by atoms with van der Waals surface area (Å²) in [6.45, 7) is 6.00. The van der Waals surface area contributed by atoms with Crippen LogP contribution in [0.2, 0.25) is 0 Å². The molecule has 1 rings (SSSR count). The molecular formula is C13H21BO6. The second kappa shape index (κ2) is 9.47. The highest BCUT2D eigenvalue weighted by atomic mass is 16.6. The van der Waals surface area contributed by atoms with Gasteiger partial charge in [0, 0.05) is 12.7 Å². The van der Waals surface area contributed by atoms with E-state index in [2.05, 4.69) is 0 Å². The van der Waals surface area contributed by atoms with Gasteiger partial charge >= 0.3 is 7.32 Å². The maximum absolute atomic E-state index is 8.76. The Hall–Kier alpha value is -1.44. The quantitative estimate of drug-likeness (QED) is 0.497. The standard InChI is InChI=1S/C13H21BO6/c1-3-7-17-8-9-19-12-6-5-11(20-14(15)16)10-13(12)18-4-2/h5-6,10,15-16H,3-4,7-9H2,1-2H3. The van der Waals surface area contributed by atoms with Crippen LogP contribution in [0.3, 0.4) is 0 Å². The molecule has 1 aromatic carbocycles. The molecule has 0 aliphatic carbocycles. The summed E-state index contributed by atoms with van der Waals surface area (Å²) in [7, 11) is -1.86. The van der Waals surface area contributed by atoms with E-state index < -0.39 is 7.32 Å². The maximum Gasteiger partial charge on any atom is 0.707 e. The van der Waals surface area contributed by atoms with E-state index in [4.69, 9.17) is 28.9 Å². The SMILES string of the molecule is CCCOCCOc1ccc(OB(O)O)cc1OCC. The predicted octanol–water partition coefficient (Wildman–Crippen LogP) is 1.24. The molecule has 0 spiro atoms. The monoisotopic (exact) mass is 284 g/mol. The highest BCUT2D eigenvalue weighted by molar-refractivity contribution is 6.33. The first-order valence-electron chi connectivity index (χ1n) is 6.67. The van der Waals surface area contributed by atoms with Crippen LogP contribution in [0, 0.1) is 0 Å². The molecule has 112 valence electrons. The molecule has 0 radical (unpaired) electrons. The van der Waals surface area contributed by atoms with Crippen molar-refractivity contribution in [2.75, 3.05) is 26.4 Å². The van der Waals surface area contributed by atoms with Crippen LogP contribution in [0.4, 0.5) is 0 Å². The summed E-state index contributed by atoms with van der Waals surface area (Å²) in [6, 6.07) is 4.78. The number of ether oxygens (including phenoxy) is 3. The lowest BCUT2D eigenvalue weighted by molar-refractivity contribution is 0.0992. The Balaban J connectivity index is 2.59. The minimum Gasteiger partial charge on any atom is -0.512 e. The molecule has 2 N–H and O–H groups in total. The molecular weight excluding hydrogens is 263 g/mol. The number of benzene rings is 1. The lowest BCUT2D eigenvalue weighted by Gasteiger charge is -2.14. The lowest BCUT2D eigenvalue weighted by Crippen LogP contribution is -2.20. The van der Waals surface area contributed by atoms with E-state index in [-0.39, 0.29) is 5.75 Å². The molecule has 0 heterocycles. The van der Waals surface area contributed by atoms with Crippen LogP contribution < -0.4 is 14.1 Å². The molecule has 7 heteroatoms. The van der Waals surface area contributed by atoms with Crippen molar-refractivity contribution >= 4 is 7.32 Å². The van der Waals surface area contributed by atoms with Gasteiger partial charge < -0.3 is 28.9 Å². The van der Waals surface area contributed by atoms with E-state index in [0.717, 1.165) is 6.42 Å². The smallest absolute Gasteiger partial charge is 0.512 e. The van der Waals surface area contributed by atoms with Gasteiger partial charge in [-0.15, -0.1) is 0 Å². The Bertz CT molecular complexity index is 385. The molecule has 0 atom stereocenters. The van der Waals surface area contributed by atoms with Gasteiger partial charge in [-0.1, -0.05) is 6.92 Å². The summed E-state index contributed by atoms with van der Waals surface area (Å²) in [5.74, 6) is 1.34. The first-order valence-corrected chi connectivity index (χ1v) is 6.67. The van der Waals surface area contributed by atoms with Crippen LogP contribution in [-0.4, -0.2) is 43.8 Å². The van der Waals surface area contributed by atoms with Crippen LogP contribution in [-0.2, 0) is 4.74 Å². The van der Waals surface area contributed by atoms with E-state index >= 15 is 0 Å². The third kappa shape index (κ3) is 6.14. The Morgan fingerprint density at radius 1 is 1.00 bits per heavy atom. The molecule has 0 aromatic heterocycles. The van der Waals surface area contributed by atoms with E-state index in [9.17, 15) is 0 Å². The average Bonchev–Trinajstić information content (AvgIpc) is 2.40. The topological polar surface area (TPSA) is 77.4 Å². The molecule has 0 amide bonds. The maximum atomic E-state index is 8.76. The second-order valence-corrected chi connectivity index (χ2v) is 3.95. The zero-order chi connectivity index (χ0) is 14.8. The van der Waals surface area contributed by atoms with E-state index in [1.165, 1.54) is 0 Å². The lowest BCUT2D eigenvalue weighted by atomic mass is 10.2. The Kier molecular flexibility index (Phi) is 7.87. The minimum atomic E-state index is -1.86. The van der Waals surface area contributed by atoms with Gasteiger partial charge in [0.15, 0.2) is 11.5 Å². The molecule has 0 unspecified atom stereocenters. The van der Waals surface area contributed by atoms with Crippen LogP contribution in [0.5, 0.6) is 17.2 Å². The summed E-state index contributed by atoms with van der Waals surface area (Å²) >= 11 is 0. The zero-order valence-electron chi connectivity index (χ0n) is 11.9. The summed E-state index contributed by atoms with van der Waals surface area (Å²) in [5, 5.41) is 17.5. The third-order valence-corrected chi connectivity index (χ3v) is 2.29. The highest BCUT2D eigenvalue weighted by Gasteiger charge is 2.14. The predicted molar refractivity (Wildman–Crippen MR) is 75.0 cm³/mol. The van der Waals surface area contributed by atoms with Gasteiger partial charge in [0.1, 0.15) is 12.4 Å². The van der Waals surface area contributed by atoms with Crippen molar-refractivity contribution in [3.05, 3.63) is 18.2 Å². The van der Waals surface area contributed by atoms with Gasteiger partial charge in [-0.25, -0.2) is 0 Å². The molecule has 20 heavy (non-hydrogen) atoms. The fourth-order valence-electron chi connectivity index (χ4n) is 1.53. The Morgan fingerprint density at radius 3 is 2.45 bits per heavy atom. The van der Waals surface area contributed by atoms with Gasteiger partial charge in [0.05, 0.1) is 13.2 Å². The summed E-state index contributed by atoms with van der Waals surface area (Å²) in [4.78, 5) is 0. The molecule has 0 fully saturated rings. The largest absolute Gasteiger partial charge is 0.707 e. The number of rotatable bonds is 10. The molecule has 0 saturated carbocycles. The van der Waals surface area contributed by atoms with E-state index in [1.54, 1.807) is 18.2 Å². The van der Waals surface area contributed by atoms with Crippen molar-refractivity contribution in [1.82, 2.24) is 0 Å². The van der Waals surface area contributed by atoms with Gasteiger partial charge in [-0.2, -0.15) is 0 Å².